The maximum atomic E-state index is 10.8. The van der Waals surface area contributed by atoms with E-state index in [2.05, 4.69) is 25.4 Å². The first kappa shape index (κ1) is 14.9. The molecule has 1 spiro atoms. The fourth-order valence-corrected chi connectivity index (χ4v) is 3.99. The van der Waals surface area contributed by atoms with E-state index in [1.54, 1.807) is 17.2 Å². The van der Waals surface area contributed by atoms with E-state index in [1.807, 2.05) is 7.05 Å². The third-order valence-electron chi connectivity index (χ3n) is 4.81. The number of hydrogen-bond donors (Lipinski definition) is 1. The zero-order chi connectivity index (χ0) is 16.2. The van der Waals surface area contributed by atoms with Crippen LogP contribution in [0.1, 0.15) is 12.8 Å². The van der Waals surface area contributed by atoms with Crippen molar-refractivity contribution in [3.05, 3.63) is 12.5 Å². The van der Waals surface area contributed by atoms with Crippen LogP contribution in [0.2, 0.25) is 0 Å². The number of fused-ring (bicyclic) bond motifs is 1. The quantitative estimate of drug-likeness (QED) is 0.596. The normalized spacial score (nSPS) is 21.7. The summed E-state index contributed by atoms with van der Waals surface area (Å²) in [7, 11) is 3.39. The summed E-state index contributed by atoms with van der Waals surface area (Å²) in [6, 6.07) is 0.226. The third kappa shape index (κ3) is 2.42. The highest BCUT2D eigenvalue weighted by Crippen LogP contribution is 2.50. The molecule has 0 radical (unpaired) electrons. The summed E-state index contributed by atoms with van der Waals surface area (Å²) in [5.41, 5.74) is 4.11. The Balaban J connectivity index is 1.40. The van der Waals surface area contributed by atoms with Crippen molar-refractivity contribution in [1.29, 1.82) is 0 Å². The highest BCUT2D eigenvalue weighted by molar-refractivity contribution is 7.76. The van der Waals surface area contributed by atoms with Crippen molar-refractivity contribution in [3.8, 4) is 0 Å². The Labute approximate surface area is 136 Å². The van der Waals surface area contributed by atoms with Crippen molar-refractivity contribution in [1.82, 2.24) is 29.6 Å². The highest BCUT2D eigenvalue weighted by Gasteiger charge is 2.53. The Morgan fingerprint density at radius 1 is 1.43 bits per heavy atom. The molecule has 1 aliphatic carbocycles. The van der Waals surface area contributed by atoms with E-state index in [1.165, 1.54) is 7.05 Å². The molecule has 1 aliphatic heterocycles. The molecule has 0 amide bonds. The first-order valence-electron chi connectivity index (χ1n) is 7.44. The van der Waals surface area contributed by atoms with Crippen LogP contribution in [0, 0.1) is 5.41 Å². The number of nitrogens with zero attached hydrogens (tertiary/aromatic N) is 6. The minimum Gasteiger partial charge on any atom is -0.759 e. The largest absolute Gasteiger partial charge is 0.759 e. The van der Waals surface area contributed by atoms with E-state index in [0.717, 1.165) is 47.2 Å². The molecule has 2 aromatic heterocycles. The molecule has 124 valence electrons. The Kier molecular flexibility index (Phi) is 3.38. The molecule has 2 fully saturated rings. The van der Waals surface area contributed by atoms with Gasteiger partial charge in [-0.25, -0.2) is 15.4 Å². The molecule has 10 heteroatoms. The van der Waals surface area contributed by atoms with Crippen LogP contribution in [0.15, 0.2) is 12.5 Å². The standard InChI is InChI=1S/C13H19N7O2S/c1-18-11-10(5-16-18)12(15-8-14-11)20-6-13(7-20)3-9(4-13)17-19(2)23(21)22/h5,8-9,17H,3-4,6-7H2,1-2H3,(H,21,22)/p-1. The monoisotopic (exact) mass is 336 g/mol. The van der Waals surface area contributed by atoms with Crippen molar-refractivity contribution >= 4 is 28.1 Å². The maximum Gasteiger partial charge on any atom is 0.163 e. The Morgan fingerprint density at radius 2 is 2.17 bits per heavy atom. The fraction of sp³-hybridized carbons (Fsp3) is 0.615. The van der Waals surface area contributed by atoms with Crippen LogP contribution in [0.25, 0.3) is 11.0 Å². The van der Waals surface area contributed by atoms with Gasteiger partial charge in [-0.2, -0.15) is 9.51 Å². The highest BCUT2D eigenvalue weighted by atomic mass is 32.2. The van der Waals surface area contributed by atoms with Gasteiger partial charge in [0.25, 0.3) is 0 Å². The summed E-state index contributed by atoms with van der Waals surface area (Å²) in [4.78, 5) is 10.9. The molecule has 4 rings (SSSR count). The number of aromatic nitrogens is 4. The number of aryl methyl sites for hydroxylation is 1. The lowest BCUT2D eigenvalue weighted by Crippen LogP contribution is -2.67. The van der Waals surface area contributed by atoms with E-state index >= 15 is 0 Å². The SMILES string of the molecule is CN(NC1CC2(C1)CN(c1ncnc3c1cnn3C)C2)S(=O)[O-]. The molecule has 3 heterocycles. The number of hydrogen-bond acceptors (Lipinski definition) is 7. The van der Waals surface area contributed by atoms with Crippen molar-refractivity contribution in [2.24, 2.45) is 12.5 Å². The van der Waals surface area contributed by atoms with E-state index in [4.69, 9.17) is 0 Å². The first-order valence-corrected chi connectivity index (χ1v) is 8.48. The summed E-state index contributed by atoms with van der Waals surface area (Å²) in [6.07, 6.45) is 5.34. The molecule has 2 aromatic rings. The molecule has 2 aliphatic rings. The van der Waals surface area contributed by atoms with Crippen molar-refractivity contribution in [2.45, 2.75) is 18.9 Å². The van der Waals surface area contributed by atoms with Gasteiger partial charge >= 0.3 is 0 Å². The molecule has 1 unspecified atom stereocenters. The Hall–Kier alpha value is -1.62. The van der Waals surface area contributed by atoms with Crippen LogP contribution in [0.3, 0.4) is 0 Å². The van der Waals surface area contributed by atoms with E-state index in [0.29, 0.717) is 0 Å². The Bertz CT molecular complexity index is 765. The number of nitrogens with one attached hydrogen (secondary N) is 1. The molecule has 9 nitrogen and oxygen atoms in total. The number of rotatable bonds is 4. The summed E-state index contributed by atoms with van der Waals surface area (Å²) >= 11 is -2.22. The number of anilines is 1. The first-order chi connectivity index (χ1) is 11.0. The fourth-order valence-electron chi connectivity index (χ4n) is 3.75. The summed E-state index contributed by atoms with van der Waals surface area (Å²) < 4.78 is 24.5. The summed E-state index contributed by atoms with van der Waals surface area (Å²) in [5.74, 6) is 0.933. The second kappa shape index (κ2) is 5.20. The second-order valence-electron chi connectivity index (χ2n) is 6.51. The van der Waals surface area contributed by atoms with Gasteiger partial charge in [-0.05, 0) is 12.8 Å². The lowest BCUT2D eigenvalue weighted by atomic mass is 9.61. The van der Waals surface area contributed by atoms with E-state index in [9.17, 15) is 8.76 Å². The van der Waals surface area contributed by atoms with Gasteiger partial charge in [-0.15, -0.1) is 0 Å². The summed E-state index contributed by atoms with van der Waals surface area (Å²) in [5, 5.41) is 5.21. The molecule has 1 saturated heterocycles. The van der Waals surface area contributed by atoms with Crippen LogP contribution >= 0.6 is 0 Å². The van der Waals surface area contributed by atoms with Gasteiger partial charge in [0, 0.05) is 49.9 Å². The maximum absolute atomic E-state index is 10.8. The van der Waals surface area contributed by atoms with Crippen molar-refractivity contribution in [2.75, 3.05) is 25.0 Å². The topological polar surface area (TPSA) is 102 Å². The van der Waals surface area contributed by atoms with Gasteiger partial charge in [0.15, 0.2) is 5.65 Å². The van der Waals surface area contributed by atoms with Crippen LogP contribution in [-0.2, 0) is 18.3 Å². The lowest BCUT2D eigenvalue weighted by molar-refractivity contribution is 0.0277. The van der Waals surface area contributed by atoms with Gasteiger partial charge in [0.1, 0.15) is 12.1 Å². The van der Waals surface area contributed by atoms with Gasteiger partial charge < -0.3 is 9.45 Å². The minimum atomic E-state index is -2.22. The zero-order valence-electron chi connectivity index (χ0n) is 13.0. The predicted molar refractivity (Wildman–Crippen MR) is 83.8 cm³/mol. The van der Waals surface area contributed by atoms with Gasteiger partial charge in [-0.3, -0.25) is 8.89 Å². The molecule has 23 heavy (non-hydrogen) atoms. The van der Waals surface area contributed by atoms with Crippen LogP contribution < -0.4 is 10.3 Å². The zero-order valence-corrected chi connectivity index (χ0v) is 13.8. The van der Waals surface area contributed by atoms with Crippen molar-refractivity contribution in [3.63, 3.8) is 0 Å². The van der Waals surface area contributed by atoms with Crippen LogP contribution in [0.4, 0.5) is 5.82 Å². The van der Waals surface area contributed by atoms with Crippen LogP contribution in [0.5, 0.6) is 0 Å². The molecule has 0 bridgehead atoms. The molecule has 1 N–H and O–H groups in total. The molecule has 1 atom stereocenters. The van der Waals surface area contributed by atoms with Gasteiger partial charge in [-0.1, -0.05) is 0 Å². The number of hydrazine groups is 1. The summed E-state index contributed by atoms with van der Waals surface area (Å²) in [6.45, 7) is 1.88. The van der Waals surface area contributed by atoms with Crippen LogP contribution in [-0.4, -0.2) is 59.1 Å². The van der Waals surface area contributed by atoms with Gasteiger partial charge in [0.05, 0.1) is 11.6 Å². The smallest absolute Gasteiger partial charge is 0.163 e. The molecule has 1 saturated carbocycles. The Morgan fingerprint density at radius 3 is 2.87 bits per heavy atom. The lowest BCUT2D eigenvalue weighted by Gasteiger charge is -2.60. The molecular formula is C13H18N7O2S-. The molecule has 0 aromatic carbocycles. The minimum absolute atomic E-state index is 0.226. The second-order valence-corrected chi connectivity index (χ2v) is 7.49. The van der Waals surface area contributed by atoms with E-state index in [-0.39, 0.29) is 11.5 Å². The third-order valence-corrected chi connectivity index (χ3v) is 5.36. The average Bonchev–Trinajstić information content (AvgIpc) is 2.82. The van der Waals surface area contributed by atoms with E-state index < -0.39 is 11.3 Å². The average molecular weight is 336 g/mol. The van der Waals surface area contributed by atoms with Gasteiger partial charge in [0.2, 0.25) is 0 Å². The van der Waals surface area contributed by atoms with Crippen molar-refractivity contribution < 1.29 is 8.76 Å². The predicted octanol–water partition coefficient (Wildman–Crippen LogP) is -0.437. The molecular weight excluding hydrogens is 318 g/mol.